The summed E-state index contributed by atoms with van der Waals surface area (Å²) >= 11 is 0. The molecule has 14 heavy (non-hydrogen) atoms. The molecule has 0 aromatic carbocycles. The number of aryl methyl sites for hydroxylation is 1. The largest absolute Gasteiger partial charge is 0.418 e. The van der Waals surface area contributed by atoms with Gasteiger partial charge in [-0.25, -0.2) is 0 Å². The number of H-pyrrole nitrogens is 1. The summed E-state index contributed by atoms with van der Waals surface area (Å²) in [5.41, 5.74) is -0.209. The molecule has 0 aliphatic rings. The second-order valence-electron chi connectivity index (χ2n) is 3.32. The summed E-state index contributed by atoms with van der Waals surface area (Å²) < 4.78 is 37.1. The zero-order chi connectivity index (χ0) is 10.6. The van der Waals surface area contributed by atoms with Crippen molar-refractivity contribution in [2.45, 2.75) is 38.8 Å². The van der Waals surface area contributed by atoms with Gasteiger partial charge in [-0.2, -0.15) is 13.2 Å². The van der Waals surface area contributed by atoms with Crippen molar-refractivity contribution in [2.24, 2.45) is 0 Å². The molecule has 0 aliphatic carbocycles. The molecule has 0 atom stereocenters. The zero-order valence-corrected chi connectivity index (χ0v) is 8.12. The molecule has 80 valence electrons. The van der Waals surface area contributed by atoms with Crippen LogP contribution in [-0.4, -0.2) is 4.98 Å². The van der Waals surface area contributed by atoms with E-state index in [4.69, 9.17) is 0 Å². The van der Waals surface area contributed by atoms with Crippen LogP contribution in [0.5, 0.6) is 0 Å². The quantitative estimate of drug-likeness (QED) is 0.720. The number of aromatic nitrogens is 1. The number of alkyl halides is 3. The van der Waals surface area contributed by atoms with Crippen molar-refractivity contribution < 1.29 is 13.2 Å². The van der Waals surface area contributed by atoms with Crippen molar-refractivity contribution in [3.05, 3.63) is 23.5 Å². The molecule has 0 unspecified atom stereocenters. The van der Waals surface area contributed by atoms with E-state index in [0.29, 0.717) is 12.1 Å². The number of halogens is 3. The van der Waals surface area contributed by atoms with Crippen LogP contribution in [0.4, 0.5) is 13.2 Å². The highest BCUT2D eigenvalue weighted by Gasteiger charge is 2.33. The number of unbranched alkanes of at least 4 members (excludes halogenated alkanes) is 2. The Labute approximate surface area is 81.3 Å². The molecule has 4 heteroatoms. The fraction of sp³-hybridized carbons (Fsp3) is 0.600. The third-order valence-electron chi connectivity index (χ3n) is 2.17. The van der Waals surface area contributed by atoms with Crippen LogP contribution in [0, 0.1) is 0 Å². The molecule has 1 aromatic heterocycles. The monoisotopic (exact) mass is 205 g/mol. The van der Waals surface area contributed by atoms with E-state index in [0.717, 1.165) is 25.3 Å². The molecule has 0 aliphatic heterocycles. The topological polar surface area (TPSA) is 15.8 Å². The normalized spacial score (nSPS) is 12.0. The third kappa shape index (κ3) is 2.79. The minimum absolute atomic E-state index is 0.311. The van der Waals surface area contributed by atoms with E-state index in [1.165, 1.54) is 6.20 Å². The fourth-order valence-electron chi connectivity index (χ4n) is 1.43. The number of hydrogen-bond donors (Lipinski definition) is 1. The molecule has 0 fully saturated rings. The Morgan fingerprint density at radius 2 is 2.00 bits per heavy atom. The predicted molar refractivity (Wildman–Crippen MR) is 49.0 cm³/mol. The molecule has 0 radical (unpaired) electrons. The van der Waals surface area contributed by atoms with Crippen molar-refractivity contribution >= 4 is 0 Å². The van der Waals surface area contributed by atoms with Gasteiger partial charge in [-0.15, -0.1) is 0 Å². The zero-order valence-electron chi connectivity index (χ0n) is 8.12. The summed E-state index contributed by atoms with van der Waals surface area (Å²) in [6.07, 6.45) is 0.403. The van der Waals surface area contributed by atoms with Crippen molar-refractivity contribution in [1.82, 2.24) is 4.98 Å². The molecule has 1 nitrogen and oxygen atoms in total. The number of hydrogen-bond acceptors (Lipinski definition) is 0. The lowest BCUT2D eigenvalue weighted by Crippen LogP contribution is -2.07. The number of aromatic amines is 1. The Balaban J connectivity index is 2.63. The Kier molecular flexibility index (Phi) is 3.61. The number of rotatable bonds is 4. The van der Waals surface area contributed by atoms with Gasteiger partial charge in [0.25, 0.3) is 0 Å². The average Bonchev–Trinajstić information content (AvgIpc) is 2.52. The molecule has 1 N–H and O–H groups in total. The predicted octanol–water partition coefficient (Wildman–Crippen LogP) is 3.77. The second-order valence-corrected chi connectivity index (χ2v) is 3.32. The van der Waals surface area contributed by atoms with Gasteiger partial charge in [-0.3, -0.25) is 0 Å². The summed E-state index contributed by atoms with van der Waals surface area (Å²) in [4.78, 5) is 2.65. The maximum absolute atomic E-state index is 12.4. The Morgan fingerprint density at radius 3 is 2.57 bits per heavy atom. The lowest BCUT2D eigenvalue weighted by Gasteiger charge is -2.07. The van der Waals surface area contributed by atoms with Gasteiger partial charge in [0.2, 0.25) is 0 Å². The van der Waals surface area contributed by atoms with Crippen LogP contribution in [0.2, 0.25) is 0 Å². The highest BCUT2D eigenvalue weighted by molar-refractivity contribution is 5.23. The first kappa shape index (κ1) is 11.1. The van der Waals surface area contributed by atoms with E-state index in [1.807, 2.05) is 6.92 Å². The van der Waals surface area contributed by atoms with Crippen molar-refractivity contribution in [2.75, 3.05) is 0 Å². The third-order valence-corrected chi connectivity index (χ3v) is 2.17. The van der Waals surface area contributed by atoms with Gasteiger partial charge in [0.05, 0.1) is 5.56 Å². The summed E-state index contributed by atoms with van der Waals surface area (Å²) in [7, 11) is 0. The van der Waals surface area contributed by atoms with E-state index in [9.17, 15) is 13.2 Å². The van der Waals surface area contributed by atoms with Crippen LogP contribution in [-0.2, 0) is 12.6 Å². The standard InChI is InChI=1S/C10H14F3N/c1-2-3-4-5-9-8(6-7-14-9)10(11,12)13/h6-7,14H,2-5H2,1H3. The van der Waals surface area contributed by atoms with Gasteiger partial charge in [0.15, 0.2) is 0 Å². The molecule has 0 bridgehead atoms. The summed E-state index contributed by atoms with van der Waals surface area (Å²) in [5.74, 6) is 0. The van der Waals surface area contributed by atoms with Gasteiger partial charge in [0, 0.05) is 11.9 Å². The van der Waals surface area contributed by atoms with Gasteiger partial charge in [0.1, 0.15) is 0 Å². The van der Waals surface area contributed by atoms with Crippen LogP contribution in [0.15, 0.2) is 12.3 Å². The molecular formula is C10H14F3N. The molecule has 0 saturated carbocycles. The molecule has 0 spiro atoms. The maximum atomic E-state index is 12.4. The van der Waals surface area contributed by atoms with E-state index >= 15 is 0 Å². The van der Waals surface area contributed by atoms with Crippen LogP contribution < -0.4 is 0 Å². The van der Waals surface area contributed by atoms with Crippen LogP contribution in [0.1, 0.15) is 37.4 Å². The lowest BCUT2D eigenvalue weighted by atomic mass is 10.1. The van der Waals surface area contributed by atoms with Gasteiger partial charge < -0.3 is 4.98 Å². The Morgan fingerprint density at radius 1 is 1.29 bits per heavy atom. The highest BCUT2D eigenvalue weighted by atomic mass is 19.4. The first-order valence-electron chi connectivity index (χ1n) is 4.79. The van der Waals surface area contributed by atoms with E-state index < -0.39 is 11.7 Å². The fourth-order valence-corrected chi connectivity index (χ4v) is 1.43. The SMILES string of the molecule is CCCCCc1[nH]ccc1C(F)(F)F. The van der Waals surface area contributed by atoms with E-state index in [-0.39, 0.29) is 0 Å². The molecule has 0 amide bonds. The van der Waals surface area contributed by atoms with Crippen LogP contribution in [0.3, 0.4) is 0 Å². The van der Waals surface area contributed by atoms with Gasteiger partial charge in [-0.1, -0.05) is 19.8 Å². The Hall–Kier alpha value is -0.930. The molecular weight excluding hydrogens is 191 g/mol. The summed E-state index contributed by atoms with van der Waals surface area (Å²) in [6, 6.07) is 1.10. The molecule has 1 aromatic rings. The average molecular weight is 205 g/mol. The first-order valence-corrected chi connectivity index (χ1v) is 4.79. The van der Waals surface area contributed by atoms with Crippen LogP contribution >= 0.6 is 0 Å². The van der Waals surface area contributed by atoms with Crippen molar-refractivity contribution in [3.8, 4) is 0 Å². The highest BCUT2D eigenvalue weighted by Crippen LogP contribution is 2.32. The van der Waals surface area contributed by atoms with Crippen molar-refractivity contribution in [1.29, 1.82) is 0 Å². The van der Waals surface area contributed by atoms with Gasteiger partial charge in [-0.05, 0) is 18.9 Å². The molecule has 1 heterocycles. The minimum Gasteiger partial charge on any atom is -0.364 e. The second kappa shape index (κ2) is 4.53. The van der Waals surface area contributed by atoms with Gasteiger partial charge >= 0.3 is 6.18 Å². The molecule has 0 saturated heterocycles. The van der Waals surface area contributed by atoms with Crippen molar-refractivity contribution in [3.63, 3.8) is 0 Å². The smallest absolute Gasteiger partial charge is 0.364 e. The maximum Gasteiger partial charge on any atom is 0.418 e. The number of nitrogens with one attached hydrogen (secondary N) is 1. The lowest BCUT2D eigenvalue weighted by molar-refractivity contribution is -0.138. The summed E-state index contributed by atoms with van der Waals surface area (Å²) in [6.45, 7) is 2.03. The first-order chi connectivity index (χ1) is 6.55. The summed E-state index contributed by atoms with van der Waals surface area (Å²) in [5, 5.41) is 0. The van der Waals surface area contributed by atoms with E-state index in [2.05, 4.69) is 4.98 Å². The van der Waals surface area contributed by atoms with Crippen LogP contribution in [0.25, 0.3) is 0 Å². The molecule has 1 rings (SSSR count). The van der Waals surface area contributed by atoms with E-state index in [1.54, 1.807) is 0 Å². The minimum atomic E-state index is -4.22. The Bertz CT molecular complexity index is 275.